The summed E-state index contributed by atoms with van der Waals surface area (Å²) in [5.41, 5.74) is 6.08. The zero-order valence-corrected chi connectivity index (χ0v) is 11.4. The molecule has 0 atom stereocenters. The highest BCUT2D eigenvalue weighted by molar-refractivity contribution is 9.50. The highest BCUT2D eigenvalue weighted by Gasteiger charge is 2.19. The second kappa shape index (κ2) is 5.12. The maximum atomic E-state index is 5.68. The lowest BCUT2D eigenvalue weighted by atomic mass is 10.0. The zero-order valence-electron chi connectivity index (χ0n) is 9.04. The third-order valence-corrected chi connectivity index (χ3v) is 3.94. The molecule has 0 radical (unpaired) electrons. The third kappa shape index (κ3) is 2.07. The molecule has 0 aromatic heterocycles. The molecule has 0 saturated carbocycles. The highest BCUT2D eigenvalue weighted by Crippen LogP contribution is 2.41. The number of hydroxylamine groups is 1. The van der Waals surface area contributed by atoms with E-state index in [4.69, 9.17) is 9.57 Å². The molecule has 1 aromatic rings. The first-order valence-corrected chi connectivity index (χ1v) is 7.48. The fourth-order valence-corrected chi connectivity index (χ4v) is 2.83. The van der Waals surface area contributed by atoms with E-state index in [1.807, 2.05) is 12.1 Å². The van der Waals surface area contributed by atoms with Gasteiger partial charge in [0.25, 0.3) is 0 Å². The first-order chi connectivity index (χ1) is 7.77. The van der Waals surface area contributed by atoms with E-state index in [1.165, 1.54) is 10.2 Å². The van der Waals surface area contributed by atoms with Crippen LogP contribution >= 0.6 is 25.0 Å². The van der Waals surface area contributed by atoms with E-state index in [0.717, 1.165) is 27.5 Å². The molecular formula is C11H12BrNO2S. The van der Waals surface area contributed by atoms with Gasteiger partial charge in [-0.3, -0.25) is 10.3 Å². The van der Waals surface area contributed by atoms with Gasteiger partial charge in [0, 0.05) is 5.56 Å². The van der Waals surface area contributed by atoms with Gasteiger partial charge >= 0.3 is 0 Å². The van der Waals surface area contributed by atoms with Gasteiger partial charge in [-0.2, -0.15) is 0 Å². The number of fused-ring (bicyclic) bond motifs is 1. The largest absolute Gasteiger partial charge is 0.488 e. The number of nitrogens with one attached hydrogen (secondary N) is 1. The quantitative estimate of drug-likeness (QED) is 0.868. The van der Waals surface area contributed by atoms with Crippen LogP contribution in [0.1, 0.15) is 11.1 Å². The Hall–Kier alpha value is -0.650. The summed E-state index contributed by atoms with van der Waals surface area (Å²) in [4.78, 5) is 6.05. The molecule has 86 valence electrons. The van der Waals surface area contributed by atoms with Gasteiger partial charge in [-0.1, -0.05) is 6.07 Å². The Morgan fingerprint density at radius 1 is 1.50 bits per heavy atom. The van der Waals surface area contributed by atoms with E-state index in [9.17, 15) is 0 Å². The van der Waals surface area contributed by atoms with Crippen molar-refractivity contribution in [1.82, 2.24) is 5.48 Å². The fraction of sp³-hybridized carbons (Fsp3) is 0.273. The van der Waals surface area contributed by atoms with E-state index in [0.29, 0.717) is 6.61 Å². The predicted octanol–water partition coefficient (Wildman–Crippen LogP) is 3.28. The SMILES string of the molecule is CONC1=CCOc2c(SBr)ccc(C)c21. The Kier molecular flexibility index (Phi) is 3.78. The minimum atomic E-state index is 0.558. The lowest BCUT2D eigenvalue weighted by Gasteiger charge is -2.22. The predicted molar refractivity (Wildman–Crippen MR) is 69.6 cm³/mol. The minimum Gasteiger partial charge on any atom is -0.488 e. The molecule has 0 saturated heterocycles. The molecule has 1 heterocycles. The molecule has 0 aliphatic carbocycles. The molecule has 0 amide bonds. The third-order valence-electron chi connectivity index (χ3n) is 2.41. The maximum Gasteiger partial charge on any atom is 0.143 e. The second-order valence-electron chi connectivity index (χ2n) is 3.40. The molecule has 5 heteroatoms. The summed E-state index contributed by atoms with van der Waals surface area (Å²) in [5, 5.41) is 0. The van der Waals surface area contributed by atoms with Crippen LogP contribution < -0.4 is 10.2 Å². The Morgan fingerprint density at radius 3 is 3.00 bits per heavy atom. The second-order valence-corrected chi connectivity index (χ2v) is 4.96. The lowest BCUT2D eigenvalue weighted by molar-refractivity contribution is 0.135. The van der Waals surface area contributed by atoms with Crippen LogP contribution in [0.4, 0.5) is 0 Å². The number of aryl methyl sites for hydroxylation is 1. The molecule has 2 rings (SSSR count). The average molecular weight is 302 g/mol. The molecule has 0 unspecified atom stereocenters. The molecule has 3 nitrogen and oxygen atoms in total. The van der Waals surface area contributed by atoms with Crippen molar-refractivity contribution in [3.63, 3.8) is 0 Å². The van der Waals surface area contributed by atoms with Gasteiger partial charge < -0.3 is 4.74 Å². The van der Waals surface area contributed by atoms with Crippen molar-refractivity contribution in [1.29, 1.82) is 0 Å². The number of rotatable bonds is 3. The van der Waals surface area contributed by atoms with Crippen LogP contribution in [-0.4, -0.2) is 13.7 Å². The average Bonchev–Trinajstić information content (AvgIpc) is 2.30. The van der Waals surface area contributed by atoms with Crippen molar-refractivity contribution < 1.29 is 9.57 Å². The van der Waals surface area contributed by atoms with Crippen molar-refractivity contribution in [3.05, 3.63) is 29.3 Å². The standard InChI is InChI=1S/C11H12BrNO2S/c1-7-3-4-9(16-12)11-10(7)8(13-14-2)5-6-15-11/h3-5,13H,6H2,1-2H3. The van der Waals surface area contributed by atoms with Gasteiger partial charge in [0.1, 0.15) is 12.4 Å². The van der Waals surface area contributed by atoms with Crippen molar-refractivity contribution in [2.45, 2.75) is 11.8 Å². The molecule has 0 bridgehead atoms. The molecule has 0 fully saturated rings. The summed E-state index contributed by atoms with van der Waals surface area (Å²) in [6.07, 6.45) is 1.97. The summed E-state index contributed by atoms with van der Waals surface area (Å²) in [6, 6.07) is 4.12. The molecule has 1 aliphatic rings. The Balaban J connectivity index is 2.52. The molecule has 0 spiro atoms. The van der Waals surface area contributed by atoms with E-state index in [-0.39, 0.29) is 0 Å². The van der Waals surface area contributed by atoms with Crippen molar-refractivity contribution in [3.8, 4) is 5.75 Å². The van der Waals surface area contributed by atoms with E-state index >= 15 is 0 Å². The molecular weight excluding hydrogens is 290 g/mol. The first kappa shape index (κ1) is 11.8. The van der Waals surface area contributed by atoms with Crippen LogP contribution in [0.3, 0.4) is 0 Å². The number of benzene rings is 1. The first-order valence-electron chi connectivity index (χ1n) is 4.82. The summed E-state index contributed by atoms with van der Waals surface area (Å²) in [6.45, 7) is 2.62. The summed E-state index contributed by atoms with van der Waals surface area (Å²) < 4.78 is 5.68. The molecule has 1 aliphatic heterocycles. The molecule has 1 N–H and O–H groups in total. The normalized spacial score (nSPS) is 13.8. The number of halogens is 1. The van der Waals surface area contributed by atoms with Crippen LogP contribution in [0.25, 0.3) is 5.70 Å². The number of hydrogen-bond donors (Lipinski definition) is 1. The van der Waals surface area contributed by atoms with Crippen LogP contribution in [0, 0.1) is 6.92 Å². The maximum absolute atomic E-state index is 5.68. The van der Waals surface area contributed by atoms with E-state index in [1.54, 1.807) is 7.11 Å². The van der Waals surface area contributed by atoms with Crippen molar-refractivity contribution in [2.24, 2.45) is 0 Å². The Labute approximate surface area is 106 Å². The topological polar surface area (TPSA) is 30.5 Å². The zero-order chi connectivity index (χ0) is 11.5. The van der Waals surface area contributed by atoms with Gasteiger partial charge in [-0.15, -0.1) is 0 Å². The van der Waals surface area contributed by atoms with Gasteiger partial charge in [0.05, 0.1) is 17.7 Å². The van der Waals surface area contributed by atoms with E-state index in [2.05, 4.69) is 33.3 Å². The van der Waals surface area contributed by atoms with Gasteiger partial charge in [0.15, 0.2) is 0 Å². The Morgan fingerprint density at radius 2 is 2.31 bits per heavy atom. The summed E-state index contributed by atoms with van der Waals surface area (Å²) in [7, 11) is 3.11. The number of ether oxygens (including phenoxy) is 1. The van der Waals surface area contributed by atoms with Crippen LogP contribution in [0.5, 0.6) is 5.75 Å². The number of hydrogen-bond acceptors (Lipinski definition) is 4. The van der Waals surface area contributed by atoms with Crippen molar-refractivity contribution in [2.75, 3.05) is 13.7 Å². The van der Waals surface area contributed by atoms with Gasteiger partial charge in [-0.05, 0) is 49.6 Å². The monoisotopic (exact) mass is 301 g/mol. The highest BCUT2D eigenvalue weighted by atomic mass is 79.9. The van der Waals surface area contributed by atoms with Gasteiger partial charge in [-0.25, -0.2) is 0 Å². The smallest absolute Gasteiger partial charge is 0.143 e. The lowest BCUT2D eigenvalue weighted by Crippen LogP contribution is -2.17. The molecule has 16 heavy (non-hydrogen) atoms. The van der Waals surface area contributed by atoms with Gasteiger partial charge in [0.2, 0.25) is 0 Å². The van der Waals surface area contributed by atoms with Crippen LogP contribution in [0.2, 0.25) is 0 Å². The van der Waals surface area contributed by atoms with E-state index < -0.39 is 0 Å². The minimum absolute atomic E-state index is 0.558. The molecule has 1 aromatic carbocycles. The van der Waals surface area contributed by atoms with Crippen LogP contribution in [0.15, 0.2) is 23.1 Å². The van der Waals surface area contributed by atoms with Crippen LogP contribution in [-0.2, 0) is 4.84 Å². The summed E-state index contributed by atoms with van der Waals surface area (Å²) >= 11 is 3.39. The Bertz CT molecular complexity index is 434. The summed E-state index contributed by atoms with van der Waals surface area (Å²) in [5.74, 6) is 0.906. The fourth-order valence-electron chi connectivity index (χ4n) is 1.71. The van der Waals surface area contributed by atoms with Crippen molar-refractivity contribution >= 4 is 30.7 Å².